The summed E-state index contributed by atoms with van der Waals surface area (Å²) in [4.78, 5) is 26.3. The lowest BCUT2D eigenvalue weighted by Gasteiger charge is -2.25. The van der Waals surface area contributed by atoms with E-state index in [4.69, 9.17) is 37.8 Å². The first-order valence-electron chi connectivity index (χ1n) is 10.6. The summed E-state index contributed by atoms with van der Waals surface area (Å²) < 4.78 is 11.1. The van der Waals surface area contributed by atoms with Crippen LogP contribution in [0.2, 0.25) is 10.0 Å². The van der Waals surface area contributed by atoms with Crippen LogP contribution in [0.4, 0.5) is 0 Å². The zero-order valence-corrected chi connectivity index (χ0v) is 20.3. The van der Waals surface area contributed by atoms with E-state index in [0.29, 0.717) is 67.1 Å². The van der Waals surface area contributed by atoms with Crippen molar-refractivity contribution in [3.8, 4) is 5.75 Å². The summed E-state index contributed by atoms with van der Waals surface area (Å²) >= 11 is 14.5. The number of carbonyl (C=O) groups excluding carboxylic acids is 1. The number of benzene rings is 2. The Labute approximate surface area is 207 Å². The molecular weight excluding hydrogens is 485 g/mol. The van der Waals surface area contributed by atoms with E-state index in [2.05, 4.69) is 0 Å². The Morgan fingerprint density at radius 1 is 1.06 bits per heavy atom. The van der Waals surface area contributed by atoms with E-state index in [-0.39, 0.29) is 12.3 Å². The van der Waals surface area contributed by atoms with Crippen LogP contribution in [0.3, 0.4) is 0 Å². The zero-order chi connectivity index (χ0) is 23.6. The molecule has 0 bridgehead atoms. The van der Waals surface area contributed by atoms with Crippen molar-refractivity contribution >= 4 is 52.9 Å². The molecule has 1 heterocycles. The highest BCUT2D eigenvalue weighted by atomic mass is 35.5. The molecule has 0 spiro atoms. The molecule has 1 saturated heterocycles. The summed E-state index contributed by atoms with van der Waals surface area (Å²) in [6.45, 7) is 2.68. The molecule has 0 saturated carbocycles. The third-order valence-corrected chi connectivity index (χ3v) is 7.04. The van der Waals surface area contributed by atoms with Crippen LogP contribution >= 0.6 is 35.0 Å². The summed E-state index contributed by atoms with van der Waals surface area (Å²) in [5.41, 5.74) is 0.663. The highest BCUT2D eigenvalue weighted by molar-refractivity contribution is 7.99. The van der Waals surface area contributed by atoms with Crippen molar-refractivity contribution in [3.05, 3.63) is 58.1 Å². The van der Waals surface area contributed by atoms with Gasteiger partial charge in [-0.2, -0.15) is 0 Å². The van der Waals surface area contributed by atoms with Crippen molar-refractivity contribution in [2.24, 2.45) is 0 Å². The molecule has 1 fully saturated rings. The summed E-state index contributed by atoms with van der Waals surface area (Å²) in [6, 6.07) is 11.3. The topological polar surface area (TPSA) is 76.1 Å². The summed E-state index contributed by atoms with van der Waals surface area (Å²) in [7, 11) is 0. The number of halogens is 2. The fourth-order valence-electron chi connectivity index (χ4n) is 3.14. The molecule has 0 atom stereocenters. The van der Waals surface area contributed by atoms with Crippen LogP contribution in [0.1, 0.15) is 24.8 Å². The second-order valence-corrected chi connectivity index (χ2v) is 9.14. The first-order chi connectivity index (χ1) is 16.0. The number of ether oxygens (including phenoxy) is 2. The molecule has 9 heteroatoms. The van der Waals surface area contributed by atoms with Gasteiger partial charge in [0.2, 0.25) is 5.91 Å². The number of amides is 1. The lowest BCUT2D eigenvalue weighted by Crippen LogP contribution is -2.39. The summed E-state index contributed by atoms with van der Waals surface area (Å²) in [5.74, 6) is -0.190. The SMILES string of the molecule is O=C(O)CCCCOc1ccccc1Sc1ccc(C=CC(=O)N2CCOCC2)c(Cl)c1Cl. The van der Waals surface area contributed by atoms with E-state index in [1.54, 1.807) is 11.0 Å². The van der Waals surface area contributed by atoms with Crippen molar-refractivity contribution in [3.63, 3.8) is 0 Å². The third kappa shape index (κ3) is 7.67. The lowest BCUT2D eigenvalue weighted by atomic mass is 10.2. The van der Waals surface area contributed by atoms with Crippen molar-refractivity contribution < 1.29 is 24.2 Å². The molecule has 176 valence electrons. The second-order valence-electron chi connectivity index (χ2n) is 7.30. The molecule has 0 radical (unpaired) electrons. The van der Waals surface area contributed by atoms with E-state index in [1.165, 1.54) is 17.8 Å². The largest absolute Gasteiger partial charge is 0.492 e. The predicted molar refractivity (Wildman–Crippen MR) is 130 cm³/mol. The van der Waals surface area contributed by atoms with Gasteiger partial charge in [0.1, 0.15) is 5.75 Å². The minimum absolute atomic E-state index is 0.0848. The van der Waals surface area contributed by atoms with Crippen molar-refractivity contribution in [2.45, 2.75) is 29.1 Å². The van der Waals surface area contributed by atoms with Gasteiger partial charge in [-0.1, -0.05) is 53.2 Å². The molecule has 3 rings (SSSR count). The van der Waals surface area contributed by atoms with Crippen molar-refractivity contribution in [2.75, 3.05) is 32.9 Å². The smallest absolute Gasteiger partial charge is 0.303 e. The molecule has 2 aromatic rings. The minimum Gasteiger partial charge on any atom is -0.492 e. The normalized spacial score (nSPS) is 13.9. The average Bonchev–Trinajstić information content (AvgIpc) is 2.82. The van der Waals surface area contributed by atoms with Gasteiger partial charge in [0.15, 0.2) is 0 Å². The highest BCUT2D eigenvalue weighted by Gasteiger charge is 2.16. The van der Waals surface area contributed by atoms with Crippen molar-refractivity contribution in [1.82, 2.24) is 4.90 Å². The number of carboxylic acid groups (broad SMARTS) is 1. The molecule has 33 heavy (non-hydrogen) atoms. The average molecular weight is 510 g/mol. The molecule has 0 aromatic heterocycles. The molecule has 1 N–H and O–H groups in total. The van der Waals surface area contributed by atoms with Gasteiger partial charge in [-0.25, -0.2) is 0 Å². The van der Waals surface area contributed by atoms with Gasteiger partial charge in [-0.15, -0.1) is 0 Å². The Morgan fingerprint density at radius 2 is 1.82 bits per heavy atom. The van der Waals surface area contributed by atoms with Gasteiger partial charge in [0.05, 0.1) is 34.8 Å². The Hall–Kier alpha value is -2.19. The number of unbranched alkanes of at least 4 members (excludes halogenated alkanes) is 1. The monoisotopic (exact) mass is 509 g/mol. The summed E-state index contributed by atoms with van der Waals surface area (Å²) in [6.07, 6.45) is 4.53. The number of morpholine rings is 1. The minimum atomic E-state index is -0.804. The number of aliphatic carboxylic acids is 1. The number of para-hydroxylation sites is 1. The third-order valence-electron chi connectivity index (χ3n) is 4.92. The van der Waals surface area contributed by atoms with Crippen LogP contribution in [-0.2, 0) is 14.3 Å². The molecule has 0 aliphatic carbocycles. The highest BCUT2D eigenvalue weighted by Crippen LogP contribution is 2.42. The van der Waals surface area contributed by atoms with E-state index < -0.39 is 5.97 Å². The van der Waals surface area contributed by atoms with Crippen LogP contribution in [-0.4, -0.2) is 54.8 Å². The van der Waals surface area contributed by atoms with Gasteiger partial charge in [0.25, 0.3) is 0 Å². The zero-order valence-electron chi connectivity index (χ0n) is 18.0. The molecule has 1 amide bonds. The number of rotatable bonds is 10. The predicted octanol–water partition coefficient (Wildman–Crippen LogP) is 5.65. The molecule has 6 nitrogen and oxygen atoms in total. The maximum Gasteiger partial charge on any atom is 0.303 e. The Morgan fingerprint density at radius 3 is 2.58 bits per heavy atom. The van der Waals surface area contributed by atoms with Gasteiger partial charge in [-0.05, 0) is 42.7 Å². The number of hydrogen-bond donors (Lipinski definition) is 1. The van der Waals surface area contributed by atoms with Crippen LogP contribution in [0.15, 0.2) is 52.3 Å². The second kappa shape index (κ2) is 12.9. The number of carboxylic acids is 1. The van der Waals surface area contributed by atoms with E-state index in [1.807, 2.05) is 36.4 Å². The van der Waals surface area contributed by atoms with Gasteiger partial charge < -0.3 is 19.5 Å². The van der Waals surface area contributed by atoms with Crippen molar-refractivity contribution in [1.29, 1.82) is 0 Å². The first-order valence-corrected chi connectivity index (χ1v) is 12.2. The number of nitrogens with zero attached hydrogens (tertiary/aromatic N) is 1. The number of hydrogen-bond acceptors (Lipinski definition) is 5. The van der Waals surface area contributed by atoms with Crippen LogP contribution < -0.4 is 4.74 Å². The van der Waals surface area contributed by atoms with E-state index >= 15 is 0 Å². The van der Waals surface area contributed by atoms with Crippen LogP contribution in [0, 0.1) is 0 Å². The van der Waals surface area contributed by atoms with Crippen LogP contribution in [0.5, 0.6) is 5.75 Å². The summed E-state index contributed by atoms with van der Waals surface area (Å²) in [5, 5.41) is 9.51. The van der Waals surface area contributed by atoms with Gasteiger partial charge in [-0.3, -0.25) is 9.59 Å². The molecule has 0 unspecified atom stereocenters. The van der Waals surface area contributed by atoms with E-state index in [0.717, 1.165) is 9.79 Å². The maximum absolute atomic E-state index is 12.3. The van der Waals surface area contributed by atoms with E-state index in [9.17, 15) is 9.59 Å². The lowest BCUT2D eigenvalue weighted by molar-refractivity contribution is -0.137. The first kappa shape index (κ1) is 25.4. The maximum atomic E-state index is 12.3. The number of carbonyl (C=O) groups is 2. The Bertz CT molecular complexity index is 1010. The fourth-order valence-corrected chi connectivity index (χ4v) is 4.65. The molecular formula is C24H25Cl2NO5S. The Balaban J connectivity index is 1.65. The standard InChI is InChI=1S/C24H25Cl2NO5S/c25-23-17(9-11-21(28)27-12-15-31-16-13-27)8-10-20(24(23)26)33-19-6-2-1-5-18(19)32-14-4-3-7-22(29)30/h1-2,5-6,8-11H,3-4,7,12-16H2,(H,29,30). The quantitative estimate of drug-likeness (QED) is 0.329. The molecule has 2 aromatic carbocycles. The molecule has 1 aliphatic heterocycles. The van der Waals surface area contributed by atoms with Gasteiger partial charge >= 0.3 is 5.97 Å². The fraction of sp³-hybridized carbons (Fsp3) is 0.333. The Kier molecular flexibility index (Phi) is 9.94. The van der Waals surface area contributed by atoms with Gasteiger partial charge in [0, 0.05) is 30.5 Å². The van der Waals surface area contributed by atoms with Crippen LogP contribution in [0.25, 0.3) is 6.08 Å². The molecule has 1 aliphatic rings.